The number of amides is 1. The zero-order chi connectivity index (χ0) is 14.1. The first kappa shape index (κ1) is 12.7. The molecule has 1 aromatic carbocycles. The number of ether oxygens (including phenoxy) is 1. The third kappa shape index (κ3) is 2.49. The molecule has 0 aliphatic carbocycles. The van der Waals surface area contributed by atoms with Crippen molar-refractivity contribution >= 4 is 22.8 Å². The molecule has 2 N–H and O–H groups in total. The number of nitrogens with two attached hydrogens (primary N) is 1. The molecule has 1 aliphatic rings. The lowest BCUT2D eigenvalue weighted by molar-refractivity contribution is 0.117. The number of hydrogen-bond acceptors (Lipinski definition) is 4. The molecule has 1 amide bonds. The number of anilines is 1. The van der Waals surface area contributed by atoms with E-state index in [1.165, 1.54) is 12.1 Å². The summed E-state index contributed by atoms with van der Waals surface area (Å²) in [4.78, 5) is 17.3. The molecule has 1 aromatic heterocycles. The minimum absolute atomic E-state index is 0.196. The Hall–Kier alpha value is -2.37. The highest BCUT2D eigenvalue weighted by molar-refractivity contribution is 5.80. The number of rotatable bonds is 2. The molecule has 0 radical (unpaired) electrons. The van der Waals surface area contributed by atoms with Crippen LogP contribution in [0.2, 0.25) is 0 Å². The van der Waals surface area contributed by atoms with E-state index in [0.717, 1.165) is 29.7 Å². The lowest BCUT2D eigenvalue weighted by atomic mass is 10.2. The number of nitrogens with zero attached hydrogens (tertiary/aromatic N) is 2. The number of halogens is 1. The van der Waals surface area contributed by atoms with E-state index >= 15 is 0 Å². The van der Waals surface area contributed by atoms with E-state index in [9.17, 15) is 9.18 Å². The third-order valence-electron chi connectivity index (χ3n) is 3.39. The van der Waals surface area contributed by atoms with Gasteiger partial charge in [0, 0.05) is 18.4 Å². The second-order valence-electron chi connectivity index (χ2n) is 4.80. The van der Waals surface area contributed by atoms with Gasteiger partial charge in [-0.15, -0.1) is 0 Å². The molecule has 104 valence electrons. The lowest BCUT2D eigenvalue weighted by Gasteiger charge is -2.17. The van der Waals surface area contributed by atoms with Crippen molar-refractivity contribution < 1.29 is 13.9 Å². The zero-order valence-electron chi connectivity index (χ0n) is 10.8. The van der Waals surface area contributed by atoms with Crippen LogP contribution >= 0.6 is 0 Å². The number of pyridine rings is 1. The molecule has 2 heterocycles. The van der Waals surface area contributed by atoms with Gasteiger partial charge in [-0.25, -0.2) is 14.2 Å². The maximum absolute atomic E-state index is 13.1. The molecule has 0 bridgehead atoms. The summed E-state index contributed by atoms with van der Waals surface area (Å²) in [5.74, 6) is 0.517. The monoisotopic (exact) mass is 275 g/mol. The molecule has 20 heavy (non-hydrogen) atoms. The van der Waals surface area contributed by atoms with Crippen molar-refractivity contribution in [3.8, 4) is 0 Å². The predicted octanol–water partition coefficient (Wildman–Crippen LogP) is 2.05. The van der Waals surface area contributed by atoms with Crippen LogP contribution in [0.5, 0.6) is 0 Å². The van der Waals surface area contributed by atoms with Crippen LogP contribution in [0.4, 0.5) is 15.0 Å². The summed E-state index contributed by atoms with van der Waals surface area (Å²) in [6, 6.07) is 8.18. The van der Waals surface area contributed by atoms with Gasteiger partial charge < -0.3 is 15.4 Å². The Morgan fingerprint density at radius 2 is 2.25 bits per heavy atom. The van der Waals surface area contributed by atoms with Crippen LogP contribution in [0.25, 0.3) is 10.9 Å². The summed E-state index contributed by atoms with van der Waals surface area (Å²) >= 11 is 0. The molecule has 3 rings (SSSR count). The highest BCUT2D eigenvalue weighted by Gasteiger charge is 2.25. The maximum atomic E-state index is 13.1. The number of aromatic nitrogens is 1. The average Bonchev–Trinajstić information content (AvgIpc) is 2.85. The van der Waals surface area contributed by atoms with E-state index in [0.29, 0.717) is 6.54 Å². The maximum Gasteiger partial charge on any atom is 0.404 e. The first-order valence-corrected chi connectivity index (χ1v) is 6.39. The van der Waals surface area contributed by atoms with Crippen molar-refractivity contribution in [3.63, 3.8) is 0 Å². The summed E-state index contributed by atoms with van der Waals surface area (Å²) in [5.41, 5.74) is 5.75. The highest BCUT2D eigenvalue weighted by Crippen LogP contribution is 2.23. The Labute approximate surface area is 115 Å². The van der Waals surface area contributed by atoms with Gasteiger partial charge in [-0.3, -0.25) is 0 Å². The molecule has 1 saturated heterocycles. The van der Waals surface area contributed by atoms with Gasteiger partial charge in [-0.2, -0.15) is 0 Å². The fraction of sp³-hybridized carbons (Fsp3) is 0.286. The molecule has 6 heteroatoms. The van der Waals surface area contributed by atoms with Crippen LogP contribution in [0.15, 0.2) is 30.3 Å². The smallest absolute Gasteiger partial charge is 0.404 e. The quantitative estimate of drug-likeness (QED) is 0.910. The van der Waals surface area contributed by atoms with Crippen LogP contribution in [-0.2, 0) is 4.74 Å². The Balaban J connectivity index is 1.81. The number of fused-ring (bicyclic) bond motifs is 1. The Morgan fingerprint density at radius 3 is 3.05 bits per heavy atom. The van der Waals surface area contributed by atoms with E-state index in [1.807, 2.05) is 17.0 Å². The number of primary amides is 1. The lowest BCUT2D eigenvalue weighted by Crippen LogP contribution is -2.27. The minimum Gasteiger partial charge on any atom is -0.444 e. The Kier molecular flexibility index (Phi) is 3.14. The summed E-state index contributed by atoms with van der Waals surface area (Å²) in [6.07, 6.45) is -0.219. The van der Waals surface area contributed by atoms with Crippen molar-refractivity contribution in [2.24, 2.45) is 5.73 Å². The fourth-order valence-corrected chi connectivity index (χ4v) is 2.46. The average molecular weight is 275 g/mol. The van der Waals surface area contributed by atoms with Gasteiger partial charge in [-0.05, 0) is 30.3 Å². The minimum atomic E-state index is -0.751. The van der Waals surface area contributed by atoms with Crippen molar-refractivity contribution in [3.05, 3.63) is 36.1 Å². The van der Waals surface area contributed by atoms with Crippen molar-refractivity contribution in [1.82, 2.24) is 4.98 Å². The predicted molar refractivity (Wildman–Crippen MR) is 73.0 cm³/mol. The van der Waals surface area contributed by atoms with E-state index in [2.05, 4.69) is 4.98 Å². The number of benzene rings is 1. The molecule has 5 nitrogen and oxygen atoms in total. The Morgan fingerprint density at radius 1 is 1.40 bits per heavy atom. The highest BCUT2D eigenvalue weighted by atomic mass is 19.1. The third-order valence-corrected chi connectivity index (χ3v) is 3.39. The molecular weight excluding hydrogens is 261 g/mol. The van der Waals surface area contributed by atoms with E-state index in [4.69, 9.17) is 10.5 Å². The van der Waals surface area contributed by atoms with E-state index < -0.39 is 6.09 Å². The van der Waals surface area contributed by atoms with E-state index in [1.54, 1.807) is 6.07 Å². The first-order chi connectivity index (χ1) is 9.61. The van der Waals surface area contributed by atoms with Gasteiger partial charge in [0.15, 0.2) is 0 Å². The number of hydrogen-bond donors (Lipinski definition) is 1. The van der Waals surface area contributed by atoms with Crippen LogP contribution in [0.3, 0.4) is 0 Å². The molecule has 0 unspecified atom stereocenters. The summed E-state index contributed by atoms with van der Waals surface area (Å²) < 4.78 is 18.1. The van der Waals surface area contributed by atoms with Crippen LogP contribution in [0, 0.1) is 5.82 Å². The molecule has 0 saturated carbocycles. The number of carbonyl (C=O) groups is 1. The van der Waals surface area contributed by atoms with Crippen LogP contribution < -0.4 is 10.6 Å². The zero-order valence-corrected chi connectivity index (χ0v) is 10.8. The molecule has 2 aromatic rings. The van der Waals surface area contributed by atoms with Crippen LogP contribution in [-0.4, -0.2) is 30.3 Å². The fourth-order valence-electron chi connectivity index (χ4n) is 2.46. The normalized spacial score (nSPS) is 18.4. The molecule has 1 fully saturated rings. The first-order valence-electron chi connectivity index (χ1n) is 6.39. The van der Waals surface area contributed by atoms with Gasteiger partial charge in [0.05, 0.1) is 12.1 Å². The SMILES string of the molecule is NC(=O)O[C@@H]1CCN(c2ccc3cc(F)ccc3n2)C1. The summed E-state index contributed by atoms with van der Waals surface area (Å²) in [5, 5.41) is 0.762. The second-order valence-corrected chi connectivity index (χ2v) is 4.80. The van der Waals surface area contributed by atoms with E-state index in [-0.39, 0.29) is 11.9 Å². The topological polar surface area (TPSA) is 68.5 Å². The standard InChI is InChI=1S/C14H14FN3O2/c15-10-2-3-12-9(7-10)1-4-13(17-12)18-6-5-11(8-18)20-14(16)19/h1-4,7,11H,5-6,8H2,(H2,16,19)/t11-/m1/s1. The summed E-state index contributed by atoms with van der Waals surface area (Å²) in [6.45, 7) is 1.32. The van der Waals surface area contributed by atoms with Gasteiger partial charge in [0.1, 0.15) is 17.7 Å². The second kappa shape index (κ2) is 4.96. The summed E-state index contributed by atoms with van der Waals surface area (Å²) in [7, 11) is 0. The van der Waals surface area contributed by atoms with Crippen LogP contribution in [0.1, 0.15) is 6.42 Å². The van der Waals surface area contributed by atoms with Crippen molar-refractivity contribution in [2.45, 2.75) is 12.5 Å². The van der Waals surface area contributed by atoms with Gasteiger partial charge >= 0.3 is 6.09 Å². The van der Waals surface area contributed by atoms with Gasteiger partial charge in [0.2, 0.25) is 0 Å². The molecule has 0 spiro atoms. The molecule has 1 aliphatic heterocycles. The van der Waals surface area contributed by atoms with Gasteiger partial charge in [0.25, 0.3) is 0 Å². The molecule has 1 atom stereocenters. The Bertz CT molecular complexity index is 662. The molecular formula is C14H14FN3O2. The van der Waals surface area contributed by atoms with Crippen molar-refractivity contribution in [2.75, 3.05) is 18.0 Å². The largest absolute Gasteiger partial charge is 0.444 e. The van der Waals surface area contributed by atoms with Gasteiger partial charge in [-0.1, -0.05) is 0 Å². The number of carbonyl (C=O) groups excluding carboxylic acids is 1. The van der Waals surface area contributed by atoms with Crippen molar-refractivity contribution in [1.29, 1.82) is 0 Å².